The molecule has 2 aromatic carbocycles. The van der Waals surface area contributed by atoms with Crippen LogP contribution in [0.4, 0.5) is 22.0 Å². The molecule has 0 aliphatic carbocycles. The lowest BCUT2D eigenvalue weighted by Crippen LogP contribution is -2.54. The third-order valence-corrected chi connectivity index (χ3v) is 9.82. The maximum absolute atomic E-state index is 13.7. The van der Waals surface area contributed by atoms with E-state index in [1.54, 1.807) is 18.2 Å². The molecule has 1 aromatic heterocycles. The predicted octanol–water partition coefficient (Wildman–Crippen LogP) is 3.93. The number of pyridine rings is 1. The summed E-state index contributed by atoms with van der Waals surface area (Å²) < 4.78 is 0. The van der Waals surface area contributed by atoms with Crippen LogP contribution in [-0.4, -0.2) is 83.2 Å². The topological polar surface area (TPSA) is 149 Å². The lowest BCUT2D eigenvalue weighted by Gasteiger charge is -2.40. The van der Waals surface area contributed by atoms with Crippen LogP contribution in [0.3, 0.4) is 0 Å². The zero-order chi connectivity index (χ0) is 32.8. The van der Waals surface area contributed by atoms with Crippen LogP contribution in [0.25, 0.3) is 11.1 Å². The number of carbonyl (C=O) groups excluding carboxylic acids is 5. The van der Waals surface area contributed by atoms with Gasteiger partial charge in [0.15, 0.2) is 0 Å². The molecule has 0 spiro atoms. The predicted molar refractivity (Wildman–Crippen MR) is 176 cm³/mol. The van der Waals surface area contributed by atoms with Gasteiger partial charge in [0, 0.05) is 56.1 Å². The van der Waals surface area contributed by atoms with Crippen LogP contribution in [0.1, 0.15) is 52.8 Å². The minimum Gasteiger partial charge on any atom is -0.384 e. The summed E-state index contributed by atoms with van der Waals surface area (Å²) in [5.74, 6) is -1.38. The lowest BCUT2D eigenvalue weighted by atomic mass is 9.95. The van der Waals surface area contributed by atoms with Crippen molar-refractivity contribution in [3.63, 3.8) is 0 Å². The number of anilines is 3. The number of amides is 6. The van der Waals surface area contributed by atoms with Crippen molar-refractivity contribution in [2.24, 2.45) is 5.92 Å². The molecule has 47 heavy (non-hydrogen) atoms. The normalized spacial score (nSPS) is 20.6. The Kier molecular flexibility index (Phi) is 8.04. The maximum Gasteiger partial charge on any atom is 0.324 e. The number of fused-ring (bicyclic) bond motifs is 1. The molecule has 242 valence electrons. The van der Waals surface area contributed by atoms with Gasteiger partial charge in [0.05, 0.1) is 11.1 Å². The Labute approximate surface area is 276 Å². The molecule has 3 fully saturated rings. The van der Waals surface area contributed by atoms with Gasteiger partial charge in [-0.3, -0.25) is 34.3 Å². The summed E-state index contributed by atoms with van der Waals surface area (Å²) >= 11 is 6.36. The molecule has 1 atom stereocenters. The molecule has 6 amide bonds. The molecule has 4 aliphatic rings. The lowest BCUT2D eigenvalue weighted by molar-refractivity contribution is -0.136. The minimum atomic E-state index is -0.990. The highest BCUT2D eigenvalue weighted by Gasteiger charge is 2.45. The Bertz CT molecular complexity index is 1810. The zero-order valence-electron chi connectivity index (χ0n) is 25.7. The molecule has 3 saturated heterocycles. The first kappa shape index (κ1) is 30.7. The van der Waals surface area contributed by atoms with Crippen molar-refractivity contribution in [1.82, 2.24) is 20.1 Å². The summed E-state index contributed by atoms with van der Waals surface area (Å²) in [6.45, 7) is 3.48. The Morgan fingerprint density at radius 2 is 1.60 bits per heavy atom. The van der Waals surface area contributed by atoms with E-state index in [4.69, 9.17) is 17.3 Å². The van der Waals surface area contributed by atoms with E-state index in [2.05, 4.69) is 15.2 Å². The number of imide groups is 2. The van der Waals surface area contributed by atoms with E-state index >= 15 is 0 Å². The van der Waals surface area contributed by atoms with Crippen molar-refractivity contribution >= 4 is 58.5 Å². The van der Waals surface area contributed by atoms with Gasteiger partial charge in [-0.05, 0) is 79.6 Å². The van der Waals surface area contributed by atoms with E-state index in [9.17, 15) is 24.0 Å². The van der Waals surface area contributed by atoms with Crippen molar-refractivity contribution in [2.75, 3.05) is 48.3 Å². The molecule has 5 heterocycles. The summed E-state index contributed by atoms with van der Waals surface area (Å²) in [6.07, 6.45) is 2.80. The molecule has 12 nitrogen and oxygen atoms in total. The number of nitrogens with two attached hydrogens (primary N) is 1. The van der Waals surface area contributed by atoms with Crippen LogP contribution in [0.5, 0.6) is 0 Å². The first-order valence-electron chi connectivity index (χ1n) is 15.9. The zero-order valence-corrected chi connectivity index (χ0v) is 26.4. The maximum atomic E-state index is 13.7. The fraction of sp³-hybridized carbons (Fsp3) is 0.353. The quantitative estimate of drug-likeness (QED) is 0.300. The molecule has 0 saturated carbocycles. The fourth-order valence-corrected chi connectivity index (χ4v) is 7.31. The number of rotatable bonds is 6. The molecule has 3 aromatic rings. The first-order chi connectivity index (χ1) is 22.7. The number of halogens is 1. The summed E-state index contributed by atoms with van der Waals surface area (Å²) in [5.41, 5.74) is 9.56. The van der Waals surface area contributed by atoms with Crippen LogP contribution in [0, 0.1) is 5.92 Å². The van der Waals surface area contributed by atoms with Gasteiger partial charge in [0.1, 0.15) is 17.0 Å². The van der Waals surface area contributed by atoms with E-state index in [1.165, 1.54) is 0 Å². The van der Waals surface area contributed by atoms with E-state index < -0.39 is 29.7 Å². The van der Waals surface area contributed by atoms with Crippen molar-refractivity contribution in [3.05, 3.63) is 70.9 Å². The summed E-state index contributed by atoms with van der Waals surface area (Å²) in [5, 5.41) is 2.54. The Morgan fingerprint density at radius 3 is 2.36 bits per heavy atom. The number of carbonyl (C=O) groups is 5. The van der Waals surface area contributed by atoms with Crippen LogP contribution in [0.15, 0.2) is 54.6 Å². The van der Waals surface area contributed by atoms with Crippen LogP contribution >= 0.6 is 11.6 Å². The smallest absolute Gasteiger partial charge is 0.324 e. The van der Waals surface area contributed by atoms with Crippen molar-refractivity contribution < 1.29 is 24.0 Å². The molecule has 4 aliphatic heterocycles. The standard InChI is InChI=1S/C34H34ClN7O5/c35-30-24(7-9-28(36)37-30)21-3-1-4-23(17-21)41-14-2-13-40(34(41)47)19-20-11-15-39(16-12-20)22-5-6-25-26(18-22)33(46)42(32(25)45)27-8-10-29(43)38-31(27)44/h1,3-7,9,17-18,20,27H,2,8,10-16,19H2,(H2,36,37)(H,38,43,44). The van der Waals surface area contributed by atoms with Gasteiger partial charge in [0.25, 0.3) is 11.8 Å². The number of nitrogens with zero attached hydrogens (tertiary/aromatic N) is 5. The van der Waals surface area contributed by atoms with Crippen LogP contribution < -0.4 is 20.9 Å². The molecule has 3 N–H and O–H groups in total. The van der Waals surface area contributed by atoms with Gasteiger partial charge in [-0.15, -0.1) is 0 Å². The van der Waals surface area contributed by atoms with Crippen molar-refractivity contribution in [3.8, 4) is 11.1 Å². The summed E-state index contributed by atoms with van der Waals surface area (Å²) in [7, 11) is 0. The number of nitrogen functional groups attached to an aromatic ring is 1. The van der Waals surface area contributed by atoms with E-state index in [0.29, 0.717) is 36.5 Å². The molecule has 1 unspecified atom stereocenters. The van der Waals surface area contributed by atoms with Crippen molar-refractivity contribution in [2.45, 2.75) is 38.1 Å². The molecular formula is C34H34ClN7O5. The third-order valence-electron chi connectivity index (χ3n) is 9.53. The molecular weight excluding hydrogens is 622 g/mol. The van der Waals surface area contributed by atoms with E-state index in [1.807, 2.05) is 46.2 Å². The van der Waals surface area contributed by atoms with Gasteiger partial charge in [-0.25, -0.2) is 9.78 Å². The Hall–Kier alpha value is -4.97. The number of aromatic nitrogens is 1. The molecule has 0 bridgehead atoms. The average molecular weight is 656 g/mol. The van der Waals surface area contributed by atoms with Crippen LogP contribution in [0.2, 0.25) is 5.15 Å². The SMILES string of the molecule is Nc1ccc(-c2cccc(N3CCCN(CC4CCN(c5ccc6c(c5)C(=O)N(C5CCC(=O)NC5=O)C6=O)CC4)C3=O)c2)c(Cl)n1. The molecule has 7 rings (SSSR count). The highest BCUT2D eigenvalue weighted by atomic mass is 35.5. The first-order valence-corrected chi connectivity index (χ1v) is 16.2. The number of hydrogen-bond acceptors (Lipinski definition) is 8. The largest absolute Gasteiger partial charge is 0.384 e. The second kappa shape index (κ2) is 12.3. The van der Waals surface area contributed by atoms with Crippen LogP contribution in [-0.2, 0) is 9.59 Å². The van der Waals surface area contributed by atoms with Gasteiger partial charge >= 0.3 is 6.03 Å². The van der Waals surface area contributed by atoms with E-state index in [0.717, 1.165) is 59.8 Å². The number of piperidine rings is 2. The third kappa shape index (κ3) is 5.78. The Morgan fingerprint density at radius 1 is 0.830 bits per heavy atom. The van der Waals surface area contributed by atoms with E-state index in [-0.39, 0.29) is 30.0 Å². The number of nitrogens with one attached hydrogen (secondary N) is 1. The van der Waals surface area contributed by atoms with Crippen molar-refractivity contribution in [1.29, 1.82) is 0 Å². The minimum absolute atomic E-state index is 0.0141. The second-order valence-corrected chi connectivity index (χ2v) is 12.8. The summed E-state index contributed by atoms with van der Waals surface area (Å²) in [4.78, 5) is 75.1. The highest BCUT2D eigenvalue weighted by Crippen LogP contribution is 2.34. The number of benzene rings is 2. The molecule has 13 heteroatoms. The van der Waals surface area contributed by atoms with Gasteiger partial charge in [-0.2, -0.15) is 0 Å². The highest BCUT2D eigenvalue weighted by molar-refractivity contribution is 6.32. The summed E-state index contributed by atoms with van der Waals surface area (Å²) in [6, 6.07) is 15.5. The monoisotopic (exact) mass is 655 g/mol. The van der Waals surface area contributed by atoms with Gasteiger partial charge in [0.2, 0.25) is 11.8 Å². The molecule has 0 radical (unpaired) electrons. The number of hydrogen-bond donors (Lipinski definition) is 2. The Balaban J connectivity index is 0.979. The fourth-order valence-electron chi connectivity index (χ4n) is 7.04. The number of urea groups is 1. The van der Waals surface area contributed by atoms with Gasteiger partial charge < -0.3 is 15.5 Å². The average Bonchev–Trinajstić information content (AvgIpc) is 3.31. The van der Waals surface area contributed by atoms with Gasteiger partial charge in [-0.1, -0.05) is 23.7 Å². The second-order valence-electron chi connectivity index (χ2n) is 12.5.